The van der Waals surface area contributed by atoms with Gasteiger partial charge < -0.3 is 14.6 Å². The zero-order valence-corrected chi connectivity index (χ0v) is 16.7. The second-order valence-electron chi connectivity index (χ2n) is 7.35. The first-order chi connectivity index (χ1) is 14.1. The molecule has 1 saturated heterocycles. The van der Waals surface area contributed by atoms with Gasteiger partial charge in [0.2, 0.25) is 0 Å². The van der Waals surface area contributed by atoms with Gasteiger partial charge in [0.1, 0.15) is 17.5 Å². The van der Waals surface area contributed by atoms with Crippen LogP contribution in [0.2, 0.25) is 0 Å². The van der Waals surface area contributed by atoms with Crippen LogP contribution in [0.4, 0.5) is 0 Å². The quantitative estimate of drug-likeness (QED) is 0.671. The smallest absolute Gasteiger partial charge is 0.320 e. The van der Waals surface area contributed by atoms with Crippen molar-refractivity contribution in [2.24, 2.45) is 0 Å². The average Bonchev–Trinajstić information content (AvgIpc) is 3.24. The number of hydrogen-bond donors (Lipinski definition) is 1. The molecule has 5 heteroatoms. The van der Waals surface area contributed by atoms with Gasteiger partial charge in [0, 0.05) is 18.2 Å². The van der Waals surface area contributed by atoms with Gasteiger partial charge in [-0.3, -0.25) is 9.69 Å². The molecule has 0 amide bonds. The Morgan fingerprint density at radius 1 is 1.03 bits per heavy atom. The van der Waals surface area contributed by atoms with E-state index in [-0.39, 0.29) is 6.04 Å². The molecule has 2 atom stereocenters. The van der Waals surface area contributed by atoms with Gasteiger partial charge in [-0.05, 0) is 47.4 Å². The average molecular weight is 391 g/mol. The maximum Gasteiger partial charge on any atom is 0.320 e. The fourth-order valence-corrected chi connectivity index (χ4v) is 4.34. The second kappa shape index (κ2) is 8.13. The summed E-state index contributed by atoms with van der Waals surface area (Å²) in [6.07, 6.45) is 1.51. The van der Waals surface area contributed by atoms with Gasteiger partial charge in [0.05, 0.1) is 20.3 Å². The predicted molar refractivity (Wildman–Crippen MR) is 113 cm³/mol. The zero-order chi connectivity index (χ0) is 20.4. The first kappa shape index (κ1) is 19.3. The lowest BCUT2D eigenvalue weighted by atomic mass is 9.93. The third kappa shape index (κ3) is 3.66. The Bertz CT molecular complexity index is 1030. The van der Waals surface area contributed by atoms with Gasteiger partial charge in [-0.25, -0.2) is 0 Å². The van der Waals surface area contributed by atoms with Crippen molar-refractivity contribution >= 4 is 16.7 Å². The van der Waals surface area contributed by atoms with Gasteiger partial charge in [-0.2, -0.15) is 0 Å². The van der Waals surface area contributed by atoms with Crippen LogP contribution in [0.5, 0.6) is 11.5 Å². The Hall–Kier alpha value is -3.05. The molecule has 150 valence electrons. The molecule has 0 bridgehead atoms. The molecule has 3 aromatic rings. The summed E-state index contributed by atoms with van der Waals surface area (Å²) in [6, 6.07) is 19.5. The van der Waals surface area contributed by atoms with Crippen molar-refractivity contribution < 1.29 is 19.4 Å². The van der Waals surface area contributed by atoms with E-state index in [0.29, 0.717) is 17.9 Å². The van der Waals surface area contributed by atoms with Crippen LogP contribution < -0.4 is 9.47 Å². The number of carboxylic acid groups (broad SMARTS) is 1. The van der Waals surface area contributed by atoms with Crippen LogP contribution in [0.25, 0.3) is 10.8 Å². The summed E-state index contributed by atoms with van der Waals surface area (Å²) in [5.41, 5.74) is 2.00. The largest absolute Gasteiger partial charge is 0.497 e. The molecule has 5 nitrogen and oxygen atoms in total. The SMILES string of the molecule is COc1ccc(C(c2ccc3ccccc3c2)N2CCCC2C(=O)O)c(OC)c1. The van der Waals surface area contributed by atoms with E-state index < -0.39 is 12.0 Å². The summed E-state index contributed by atoms with van der Waals surface area (Å²) in [7, 11) is 3.25. The lowest BCUT2D eigenvalue weighted by Crippen LogP contribution is -2.39. The number of nitrogens with zero attached hydrogens (tertiary/aromatic N) is 1. The van der Waals surface area contributed by atoms with E-state index >= 15 is 0 Å². The number of ether oxygens (including phenoxy) is 2. The molecule has 0 saturated carbocycles. The van der Waals surface area contributed by atoms with Crippen LogP contribution in [0.15, 0.2) is 60.7 Å². The zero-order valence-electron chi connectivity index (χ0n) is 16.7. The molecule has 1 N–H and O–H groups in total. The molecule has 0 spiro atoms. The molecule has 0 radical (unpaired) electrons. The maximum atomic E-state index is 12.0. The Morgan fingerprint density at radius 2 is 1.83 bits per heavy atom. The molecule has 1 aliphatic rings. The molecular formula is C24H25NO4. The van der Waals surface area contributed by atoms with Gasteiger partial charge in [-0.1, -0.05) is 36.4 Å². The van der Waals surface area contributed by atoms with Gasteiger partial charge in [-0.15, -0.1) is 0 Å². The number of hydrogen-bond acceptors (Lipinski definition) is 4. The highest BCUT2D eigenvalue weighted by atomic mass is 16.5. The van der Waals surface area contributed by atoms with Crippen LogP contribution in [0, 0.1) is 0 Å². The number of rotatable bonds is 6. The highest BCUT2D eigenvalue weighted by Crippen LogP contribution is 2.41. The van der Waals surface area contributed by atoms with Crippen molar-refractivity contribution in [3.05, 3.63) is 71.8 Å². The monoisotopic (exact) mass is 391 g/mol. The van der Waals surface area contributed by atoms with E-state index in [2.05, 4.69) is 35.2 Å². The minimum absolute atomic E-state index is 0.218. The number of fused-ring (bicyclic) bond motifs is 1. The topological polar surface area (TPSA) is 59.0 Å². The number of benzene rings is 3. The second-order valence-corrected chi connectivity index (χ2v) is 7.35. The number of likely N-dealkylation sites (tertiary alicyclic amines) is 1. The minimum atomic E-state index is -0.777. The number of carboxylic acids is 1. The fourth-order valence-electron chi connectivity index (χ4n) is 4.34. The van der Waals surface area contributed by atoms with Crippen molar-refractivity contribution in [1.82, 2.24) is 4.90 Å². The van der Waals surface area contributed by atoms with Crippen molar-refractivity contribution in [1.29, 1.82) is 0 Å². The summed E-state index contributed by atoms with van der Waals surface area (Å²) in [5, 5.41) is 12.1. The Morgan fingerprint density at radius 3 is 2.55 bits per heavy atom. The molecular weight excluding hydrogens is 366 g/mol. The minimum Gasteiger partial charge on any atom is -0.497 e. The Labute approximate surface area is 170 Å². The summed E-state index contributed by atoms with van der Waals surface area (Å²) < 4.78 is 11.0. The van der Waals surface area contributed by atoms with E-state index in [9.17, 15) is 9.90 Å². The fraction of sp³-hybridized carbons (Fsp3) is 0.292. The van der Waals surface area contributed by atoms with Gasteiger partial charge >= 0.3 is 5.97 Å². The molecule has 1 heterocycles. The van der Waals surface area contributed by atoms with Gasteiger partial charge in [0.15, 0.2) is 0 Å². The third-order valence-electron chi connectivity index (χ3n) is 5.74. The van der Waals surface area contributed by atoms with E-state index in [1.54, 1.807) is 14.2 Å². The van der Waals surface area contributed by atoms with Crippen molar-refractivity contribution in [2.75, 3.05) is 20.8 Å². The van der Waals surface area contributed by atoms with Crippen molar-refractivity contribution in [3.63, 3.8) is 0 Å². The predicted octanol–water partition coefficient (Wildman–Crippen LogP) is 4.50. The molecule has 2 unspecified atom stereocenters. The number of aliphatic carboxylic acids is 1. The van der Waals surface area contributed by atoms with Crippen molar-refractivity contribution in [3.8, 4) is 11.5 Å². The Balaban J connectivity index is 1.88. The summed E-state index contributed by atoms with van der Waals surface area (Å²) in [5.74, 6) is 0.624. The molecule has 3 aromatic carbocycles. The van der Waals surface area contributed by atoms with E-state index in [0.717, 1.165) is 34.9 Å². The summed E-state index contributed by atoms with van der Waals surface area (Å²) in [6.45, 7) is 0.726. The van der Waals surface area contributed by atoms with Crippen LogP contribution in [-0.2, 0) is 4.79 Å². The molecule has 0 aliphatic carbocycles. The first-order valence-corrected chi connectivity index (χ1v) is 9.81. The summed E-state index contributed by atoms with van der Waals surface area (Å²) in [4.78, 5) is 14.0. The molecule has 1 fully saturated rings. The lowest BCUT2D eigenvalue weighted by molar-refractivity contribution is -0.142. The summed E-state index contributed by atoms with van der Waals surface area (Å²) >= 11 is 0. The maximum absolute atomic E-state index is 12.0. The highest BCUT2D eigenvalue weighted by Gasteiger charge is 2.38. The number of methoxy groups -OCH3 is 2. The molecule has 0 aromatic heterocycles. The lowest BCUT2D eigenvalue weighted by Gasteiger charge is -2.33. The standard InChI is InChI=1S/C24H25NO4/c1-28-19-11-12-20(22(15-19)29-2)23(25-13-5-8-21(25)24(26)27)18-10-9-16-6-3-4-7-17(16)14-18/h3-4,6-7,9-12,14-15,21,23H,5,8,13H2,1-2H3,(H,26,27). The van der Waals surface area contributed by atoms with E-state index in [1.165, 1.54) is 0 Å². The van der Waals surface area contributed by atoms with Crippen molar-refractivity contribution in [2.45, 2.75) is 24.9 Å². The molecule has 1 aliphatic heterocycles. The van der Waals surface area contributed by atoms with Crippen LogP contribution in [0.1, 0.15) is 30.0 Å². The molecule has 29 heavy (non-hydrogen) atoms. The highest BCUT2D eigenvalue weighted by molar-refractivity contribution is 5.83. The molecule has 4 rings (SSSR count). The van der Waals surface area contributed by atoms with E-state index in [1.807, 2.05) is 30.3 Å². The third-order valence-corrected chi connectivity index (χ3v) is 5.74. The Kier molecular flexibility index (Phi) is 5.41. The normalized spacial score (nSPS) is 17.9. The van der Waals surface area contributed by atoms with Gasteiger partial charge in [0.25, 0.3) is 0 Å². The number of carbonyl (C=O) groups is 1. The van der Waals surface area contributed by atoms with Crippen LogP contribution in [0.3, 0.4) is 0 Å². The van der Waals surface area contributed by atoms with E-state index in [4.69, 9.17) is 9.47 Å². The van der Waals surface area contributed by atoms with Crippen LogP contribution in [-0.4, -0.2) is 42.8 Å². The van der Waals surface area contributed by atoms with Crippen LogP contribution >= 0.6 is 0 Å². The first-order valence-electron chi connectivity index (χ1n) is 9.81.